The van der Waals surface area contributed by atoms with Crippen molar-refractivity contribution in [3.63, 3.8) is 0 Å². The van der Waals surface area contributed by atoms with Crippen molar-refractivity contribution in [3.8, 4) is 0 Å². The number of rotatable bonds is 17. The minimum atomic E-state index is -0.118. The first-order valence-electron chi connectivity index (χ1n) is 17.2. The zero-order valence-corrected chi connectivity index (χ0v) is 29.9. The summed E-state index contributed by atoms with van der Waals surface area (Å²) < 4.78 is 0. The van der Waals surface area contributed by atoms with Gasteiger partial charge in [-0.2, -0.15) is 10.1 Å². The van der Waals surface area contributed by atoms with Gasteiger partial charge < -0.3 is 9.80 Å². The maximum Gasteiger partial charge on any atom is 0.228 e. The molecule has 0 aromatic carbocycles. The van der Waals surface area contributed by atoms with Crippen molar-refractivity contribution in [1.82, 2.24) is 20.2 Å². The van der Waals surface area contributed by atoms with Gasteiger partial charge in [-0.15, -0.1) is 0 Å². The topological polar surface area (TPSA) is 68.1 Å². The molecule has 0 aromatic rings. The Kier molecular flexibility index (Phi) is 18.1. The Labute approximate surface area is 260 Å². The van der Waals surface area contributed by atoms with E-state index in [-0.39, 0.29) is 23.3 Å². The van der Waals surface area contributed by atoms with Crippen molar-refractivity contribution in [1.29, 1.82) is 0 Å². The van der Waals surface area contributed by atoms with E-state index < -0.39 is 0 Å². The molecule has 1 rings (SSSR count). The standard InChI is InChI=1S/C34H69N7O/c1-13-18-22-35-30(21-16-4)37-32(40(23-19-14-2)24-20-15-3)38-31(36-28(6)7)39(12)29-26-33(8,9)41(42-25-17-5)34(10,11)27-29/h29-30,35H,13-27H2,1-12H3/b37-32+,38-31+. The van der Waals surface area contributed by atoms with Gasteiger partial charge in [-0.05, 0) is 93.0 Å². The molecular formula is C34H69N7O. The average Bonchev–Trinajstić information content (AvgIpc) is 2.90. The Morgan fingerprint density at radius 3 is 1.88 bits per heavy atom. The average molecular weight is 592 g/mol. The maximum absolute atomic E-state index is 6.32. The molecule has 1 unspecified atom stereocenters. The smallest absolute Gasteiger partial charge is 0.228 e. The van der Waals surface area contributed by atoms with E-state index in [0.717, 1.165) is 108 Å². The molecular weight excluding hydrogens is 522 g/mol. The van der Waals surface area contributed by atoms with Crippen LogP contribution >= 0.6 is 0 Å². The summed E-state index contributed by atoms with van der Waals surface area (Å²) in [5, 5.41) is 5.97. The van der Waals surface area contributed by atoms with Crippen LogP contribution in [-0.2, 0) is 4.84 Å². The van der Waals surface area contributed by atoms with Crippen LogP contribution in [0.1, 0.15) is 147 Å². The molecule has 0 saturated carbocycles. The van der Waals surface area contributed by atoms with Gasteiger partial charge in [0.05, 0.1) is 6.61 Å². The molecule has 1 atom stereocenters. The van der Waals surface area contributed by atoms with Gasteiger partial charge in [0.15, 0.2) is 0 Å². The molecule has 0 bridgehead atoms. The zero-order valence-electron chi connectivity index (χ0n) is 29.9. The molecule has 0 spiro atoms. The Morgan fingerprint density at radius 1 is 0.833 bits per heavy atom. The molecule has 0 radical (unpaired) electrons. The van der Waals surface area contributed by atoms with Crippen molar-refractivity contribution in [2.24, 2.45) is 15.0 Å². The third-order valence-electron chi connectivity index (χ3n) is 7.97. The van der Waals surface area contributed by atoms with Crippen LogP contribution < -0.4 is 5.32 Å². The number of piperidine rings is 1. The Balaban J connectivity index is 3.61. The summed E-state index contributed by atoms with van der Waals surface area (Å²) in [6.07, 6.45) is 11.9. The maximum atomic E-state index is 6.32. The van der Waals surface area contributed by atoms with Gasteiger partial charge in [0.25, 0.3) is 0 Å². The number of aliphatic imine (C=N–C) groups is 3. The molecule has 1 aliphatic heterocycles. The number of guanidine groups is 2. The molecule has 42 heavy (non-hydrogen) atoms. The van der Waals surface area contributed by atoms with E-state index in [1.165, 1.54) is 6.42 Å². The van der Waals surface area contributed by atoms with Crippen LogP contribution in [-0.4, -0.2) is 89.1 Å². The van der Waals surface area contributed by atoms with Crippen LogP contribution in [0.2, 0.25) is 0 Å². The minimum Gasteiger partial charge on any atom is -0.341 e. The lowest BCUT2D eigenvalue weighted by Crippen LogP contribution is -2.64. The SMILES string of the molecule is CCCCNC(CCC)/N=C(\N=C(/N=C(C)C)N(C)C1CC(C)(C)N(OCCC)C(C)(C)C1)N(CCCC)CCCC. The lowest BCUT2D eigenvalue weighted by Gasteiger charge is -2.55. The largest absolute Gasteiger partial charge is 0.341 e. The fraction of sp³-hybridized carbons (Fsp3) is 0.912. The van der Waals surface area contributed by atoms with Crippen LogP contribution in [0.25, 0.3) is 0 Å². The van der Waals surface area contributed by atoms with Crippen LogP contribution in [0.15, 0.2) is 15.0 Å². The lowest BCUT2D eigenvalue weighted by atomic mass is 9.78. The van der Waals surface area contributed by atoms with Crippen molar-refractivity contribution in [3.05, 3.63) is 0 Å². The molecule has 1 saturated heterocycles. The molecule has 246 valence electrons. The third-order valence-corrected chi connectivity index (χ3v) is 7.97. The fourth-order valence-electron chi connectivity index (χ4n) is 5.91. The molecule has 1 fully saturated rings. The number of hydroxylamine groups is 2. The number of nitrogens with one attached hydrogen (secondary N) is 1. The van der Waals surface area contributed by atoms with Crippen molar-refractivity contribution >= 4 is 17.6 Å². The zero-order chi connectivity index (χ0) is 31.8. The van der Waals surface area contributed by atoms with Crippen LogP contribution in [0.3, 0.4) is 0 Å². The van der Waals surface area contributed by atoms with Crippen molar-refractivity contribution in [2.75, 3.05) is 33.3 Å². The predicted molar refractivity (Wildman–Crippen MR) is 184 cm³/mol. The third kappa shape index (κ3) is 13.0. The first kappa shape index (κ1) is 38.5. The highest BCUT2D eigenvalue weighted by Gasteiger charge is 2.48. The first-order valence-corrected chi connectivity index (χ1v) is 17.2. The van der Waals surface area contributed by atoms with Crippen LogP contribution in [0.4, 0.5) is 0 Å². The van der Waals surface area contributed by atoms with E-state index in [4.69, 9.17) is 19.8 Å². The Bertz CT molecular complexity index is 806. The molecule has 8 nitrogen and oxygen atoms in total. The summed E-state index contributed by atoms with van der Waals surface area (Å²) in [6, 6.07) is 0.272. The second kappa shape index (κ2) is 19.7. The summed E-state index contributed by atoms with van der Waals surface area (Å²) >= 11 is 0. The summed E-state index contributed by atoms with van der Waals surface area (Å²) in [5.41, 5.74) is 0.765. The van der Waals surface area contributed by atoms with Gasteiger partial charge in [-0.1, -0.05) is 60.3 Å². The van der Waals surface area contributed by atoms with E-state index >= 15 is 0 Å². The van der Waals surface area contributed by atoms with Crippen LogP contribution in [0, 0.1) is 0 Å². The van der Waals surface area contributed by atoms with Gasteiger partial charge >= 0.3 is 0 Å². The number of hydrogen-bond acceptors (Lipinski definition) is 4. The quantitative estimate of drug-likeness (QED) is 0.106. The number of unbranched alkanes of at least 4 members (excludes halogenated alkanes) is 3. The highest BCUT2D eigenvalue weighted by Crippen LogP contribution is 2.40. The Hall–Kier alpha value is -1.51. The monoisotopic (exact) mass is 592 g/mol. The van der Waals surface area contributed by atoms with Crippen molar-refractivity contribution in [2.45, 2.75) is 170 Å². The van der Waals surface area contributed by atoms with E-state index in [2.05, 4.69) is 103 Å². The Morgan fingerprint density at radius 2 is 1.40 bits per heavy atom. The molecule has 0 amide bonds. The second-order valence-electron chi connectivity index (χ2n) is 13.6. The fourth-order valence-corrected chi connectivity index (χ4v) is 5.91. The van der Waals surface area contributed by atoms with Gasteiger partial charge in [0.1, 0.15) is 6.17 Å². The lowest BCUT2D eigenvalue weighted by molar-refractivity contribution is -0.286. The summed E-state index contributed by atoms with van der Waals surface area (Å²) in [5.74, 6) is 1.59. The first-order chi connectivity index (χ1) is 19.9. The van der Waals surface area contributed by atoms with Gasteiger partial charge in [0.2, 0.25) is 11.9 Å². The highest BCUT2D eigenvalue weighted by molar-refractivity contribution is 6.01. The highest BCUT2D eigenvalue weighted by atomic mass is 16.7. The molecule has 0 aliphatic carbocycles. The van der Waals surface area contributed by atoms with Gasteiger partial charge in [-0.3, -0.25) is 10.2 Å². The van der Waals surface area contributed by atoms with E-state index in [1.807, 2.05) is 0 Å². The number of hydrogen-bond donors (Lipinski definition) is 1. The van der Waals surface area contributed by atoms with Gasteiger partial charge in [0, 0.05) is 43.0 Å². The molecule has 1 N–H and O–H groups in total. The number of nitrogens with zero attached hydrogens (tertiary/aromatic N) is 6. The summed E-state index contributed by atoms with van der Waals surface area (Å²) in [6.45, 7) is 28.2. The molecule has 8 heteroatoms. The van der Waals surface area contributed by atoms with Crippen LogP contribution in [0.5, 0.6) is 0 Å². The minimum absolute atomic E-state index is 0.0566. The predicted octanol–water partition coefficient (Wildman–Crippen LogP) is 7.89. The summed E-state index contributed by atoms with van der Waals surface area (Å²) in [4.78, 5) is 26.8. The molecule has 1 heterocycles. The van der Waals surface area contributed by atoms with Crippen molar-refractivity contribution < 1.29 is 4.84 Å². The van der Waals surface area contributed by atoms with Gasteiger partial charge in [-0.25, -0.2) is 9.98 Å². The molecule has 1 aliphatic rings. The normalized spacial score (nSPS) is 18.7. The summed E-state index contributed by atoms with van der Waals surface area (Å²) in [7, 11) is 2.17. The second-order valence-corrected chi connectivity index (χ2v) is 13.6. The molecule has 0 aromatic heterocycles. The van der Waals surface area contributed by atoms with E-state index in [0.29, 0.717) is 0 Å². The van der Waals surface area contributed by atoms with E-state index in [1.54, 1.807) is 0 Å². The van der Waals surface area contributed by atoms with E-state index in [9.17, 15) is 0 Å².